The molecule has 2 aromatic carbocycles. The van der Waals surface area contributed by atoms with Crippen molar-refractivity contribution >= 4 is 29.1 Å². The maximum atomic E-state index is 14.0. The zero-order valence-electron chi connectivity index (χ0n) is 17.3. The van der Waals surface area contributed by atoms with Crippen molar-refractivity contribution in [1.82, 2.24) is 10.2 Å². The quantitative estimate of drug-likeness (QED) is 0.709. The predicted octanol–water partition coefficient (Wildman–Crippen LogP) is 4.47. The Morgan fingerprint density at radius 3 is 2.50 bits per heavy atom. The second-order valence-corrected chi connectivity index (χ2v) is 8.32. The van der Waals surface area contributed by atoms with E-state index in [0.717, 1.165) is 0 Å². The van der Waals surface area contributed by atoms with E-state index in [1.807, 2.05) is 13.8 Å². The van der Waals surface area contributed by atoms with Crippen LogP contribution in [0.1, 0.15) is 42.6 Å². The van der Waals surface area contributed by atoms with Gasteiger partial charge in [-0.2, -0.15) is 0 Å². The van der Waals surface area contributed by atoms with E-state index >= 15 is 0 Å². The molecule has 30 heavy (non-hydrogen) atoms. The van der Waals surface area contributed by atoms with Gasteiger partial charge >= 0.3 is 0 Å². The SMILES string of the molecule is CC(C)NC(=O)c1ccccc1NC(=O)C1CCN(Cc2c(F)cccc2Cl)CC1. The zero-order valence-corrected chi connectivity index (χ0v) is 18.0. The van der Waals surface area contributed by atoms with Crippen molar-refractivity contribution in [2.45, 2.75) is 39.3 Å². The summed E-state index contributed by atoms with van der Waals surface area (Å²) in [5.74, 6) is -0.766. The van der Waals surface area contributed by atoms with Crippen LogP contribution in [0, 0.1) is 11.7 Å². The van der Waals surface area contributed by atoms with E-state index in [1.165, 1.54) is 6.07 Å². The molecule has 3 rings (SSSR count). The van der Waals surface area contributed by atoms with Gasteiger partial charge in [-0.05, 0) is 64.0 Å². The fourth-order valence-corrected chi connectivity index (χ4v) is 3.85. The fraction of sp³-hybridized carbons (Fsp3) is 0.391. The molecule has 2 N–H and O–H groups in total. The lowest BCUT2D eigenvalue weighted by atomic mass is 9.95. The highest BCUT2D eigenvalue weighted by molar-refractivity contribution is 6.31. The Kier molecular flexibility index (Phi) is 7.45. The van der Waals surface area contributed by atoms with E-state index < -0.39 is 0 Å². The van der Waals surface area contributed by atoms with Crippen molar-refractivity contribution in [3.05, 3.63) is 64.4 Å². The number of nitrogens with zero attached hydrogens (tertiary/aromatic N) is 1. The third kappa shape index (κ3) is 5.58. The van der Waals surface area contributed by atoms with Crippen LogP contribution in [0.15, 0.2) is 42.5 Å². The van der Waals surface area contributed by atoms with Gasteiger partial charge in [-0.3, -0.25) is 14.5 Å². The number of hydrogen-bond acceptors (Lipinski definition) is 3. The molecule has 0 aromatic heterocycles. The van der Waals surface area contributed by atoms with Crippen molar-refractivity contribution in [2.24, 2.45) is 5.92 Å². The lowest BCUT2D eigenvalue weighted by molar-refractivity contribution is -0.121. The Hall–Kier alpha value is -2.44. The number of anilines is 1. The van der Waals surface area contributed by atoms with Crippen LogP contribution in [0.4, 0.5) is 10.1 Å². The number of carbonyl (C=O) groups is 2. The van der Waals surface area contributed by atoms with Crippen molar-refractivity contribution < 1.29 is 14.0 Å². The van der Waals surface area contributed by atoms with E-state index in [2.05, 4.69) is 15.5 Å². The smallest absolute Gasteiger partial charge is 0.253 e. The highest BCUT2D eigenvalue weighted by Crippen LogP contribution is 2.25. The molecule has 2 aromatic rings. The number of rotatable bonds is 6. The number of amides is 2. The topological polar surface area (TPSA) is 61.4 Å². The first-order valence-electron chi connectivity index (χ1n) is 10.2. The first kappa shape index (κ1) is 22.2. The highest BCUT2D eigenvalue weighted by Gasteiger charge is 2.26. The normalized spacial score (nSPS) is 15.2. The molecule has 0 bridgehead atoms. The van der Waals surface area contributed by atoms with Crippen LogP contribution in [-0.2, 0) is 11.3 Å². The summed E-state index contributed by atoms with van der Waals surface area (Å²) in [6, 6.07) is 11.7. The number of nitrogens with one attached hydrogen (secondary N) is 2. The third-order valence-electron chi connectivity index (χ3n) is 5.25. The Morgan fingerprint density at radius 1 is 1.13 bits per heavy atom. The Bertz CT molecular complexity index is 891. The molecular weight excluding hydrogens is 405 g/mol. The monoisotopic (exact) mass is 431 g/mol. The number of carbonyl (C=O) groups excluding carboxylic acids is 2. The molecule has 1 heterocycles. The summed E-state index contributed by atoms with van der Waals surface area (Å²) in [4.78, 5) is 27.3. The third-order valence-corrected chi connectivity index (χ3v) is 5.61. The molecule has 7 heteroatoms. The molecule has 0 spiro atoms. The van der Waals surface area contributed by atoms with Crippen LogP contribution < -0.4 is 10.6 Å². The minimum atomic E-state index is -0.307. The van der Waals surface area contributed by atoms with Crippen LogP contribution >= 0.6 is 11.6 Å². The molecule has 1 saturated heterocycles. The molecule has 0 radical (unpaired) electrons. The van der Waals surface area contributed by atoms with Gasteiger partial charge in [-0.25, -0.2) is 4.39 Å². The largest absolute Gasteiger partial charge is 0.350 e. The number of likely N-dealkylation sites (tertiary alicyclic amines) is 1. The average molecular weight is 432 g/mol. The summed E-state index contributed by atoms with van der Waals surface area (Å²) in [6.45, 7) is 5.57. The van der Waals surface area contributed by atoms with Gasteiger partial charge < -0.3 is 10.6 Å². The number of halogens is 2. The fourth-order valence-electron chi connectivity index (χ4n) is 3.63. The molecule has 2 amide bonds. The van der Waals surface area contributed by atoms with Gasteiger partial charge in [0.1, 0.15) is 5.82 Å². The summed E-state index contributed by atoms with van der Waals surface area (Å²) < 4.78 is 14.0. The standard InChI is InChI=1S/C23H27ClFN3O2/c1-15(2)26-23(30)17-6-3-4-9-21(17)27-22(29)16-10-12-28(13-11-16)14-18-19(24)7-5-8-20(18)25/h3-9,15-16H,10-14H2,1-2H3,(H,26,30)(H,27,29). The van der Waals surface area contributed by atoms with Crippen LogP contribution in [-0.4, -0.2) is 35.8 Å². The molecule has 0 saturated carbocycles. The number of piperidine rings is 1. The second-order valence-electron chi connectivity index (χ2n) is 7.91. The summed E-state index contributed by atoms with van der Waals surface area (Å²) in [5, 5.41) is 6.19. The number of benzene rings is 2. The van der Waals surface area contributed by atoms with Gasteiger partial charge in [0.2, 0.25) is 5.91 Å². The lowest BCUT2D eigenvalue weighted by Gasteiger charge is -2.31. The molecule has 5 nitrogen and oxygen atoms in total. The predicted molar refractivity (Wildman–Crippen MR) is 117 cm³/mol. The molecule has 1 aliphatic rings. The van der Waals surface area contributed by atoms with Gasteiger partial charge in [0.15, 0.2) is 0 Å². The van der Waals surface area contributed by atoms with Gasteiger partial charge in [0, 0.05) is 29.1 Å². The van der Waals surface area contributed by atoms with Gasteiger partial charge in [0.25, 0.3) is 5.91 Å². The zero-order chi connectivity index (χ0) is 21.7. The summed E-state index contributed by atoms with van der Waals surface area (Å²) >= 11 is 6.13. The Morgan fingerprint density at radius 2 is 1.83 bits per heavy atom. The minimum Gasteiger partial charge on any atom is -0.350 e. The van der Waals surface area contributed by atoms with E-state index in [0.29, 0.717) is 54.3 Å². The first-order chi connectivity index (χ1) is 14.3. The van der Waals surface area contributed by atoms with Gasteiger partial charge in [-0.1, -0.05) is 29.8 Å². The first-order valence-corrected chi connectivity index (χ1v) is 10.6. The van der Waals surface area contributed by atoms with Crippen molar-refractivity contribution in [1.29, 1.82) is 0 Å². The number of hydrogen-bond donors (Lipinski definition) is 2. The number of para-hydroxylation sites is 1. The molecular formula is C23H27ClFN3O2. The van der Waals surface area contributed by atoms with Crippen molar-refractivity contribution in [3.63, 3.8) is 0 Å². The maximum Gasteiger partial charge on any atom is 0.253 e. The van der Waals surface area contributed by atoms with Gasteiger partial charge in [-0.15, -0.1) is 0 Å². The van der Waals surface area contributed by atoms with E-state index in [1.54, 1.807) is 36.4 Å². The molecule has 1 aliphatic heterocycles. The molecule has 1 fully saturated rings. The van der Waals surface area contributed by atoms with Crippen LogP contribution in [0.25, 0.3) is 0 Å². The highest BCUT2D eigenvalue weighted by atomic mass is 35.5. The average Bonchev–Trinajstić information content (AvgIpc) is 2.71. The summed E-state index contributed by atoms with van der Waals surface area (Å²) in [6.07, 6.45) is 1.33. The molecule has 0 unspecified atom stereocenters. The van der Waals surface area contributed by atoms with Crippen LogP contribution in [0.2, 0.25) is 5.02 Å². The van der Waals surface area contributed by atoms with Gasteiger partial charge in [0.05, 0.1) is 11.3 Å². The van der Waals surface area contributed by atoms with Crippen LogP contribution in [0.5, 0.6) is 0 Å². The molecule has 0 atom stereocenters. The summed E-state index contributed by atoms with van der Waals surface area (Å²) in [7, 11) is 0. The van der Waals surface area contributed by atoms with E-state index in [9.17, 15) is 14.0 Å². The van der Waals surface area contributed by atoms with Crippen molar-refractivity contribution in [3.8, 4) is 0 Å². The molecule has 0 aliphatic carbocycles. The maximum absolute atomic E-state index is 14.0. The Balaban J connectivity index is 1.58. The van der Waals surface area contributed by atoms with E-state index in [4.69, 9.17) is 11.6 Å². The van der Waals surface area contributed by atoms with E-state index in [-0.39, 0.29) is 29.6 Å². The Labute approximate surface area is 181 Å². The molecule has 160 valence electrons. The second kappa shape index (κ2) is 10.0. The van der Waals surface area contributed by atoms with Crippen molar-refractivity contribution in [2.75, 3.05) is 18.4 Å². The van der Waals surface area contributed by atoms with Crippen LogP contribution in [0.3, 0.4) is 0 Å². The lowest BCUT2D eigenvalue weighted by Crippen LogP contribution is -2.38. The summed E-state index contributed by atoms with van der Waals surface area (Å²) in [5.41, 5.74) is 1.46. The minimum absolute atomic E-state index is 0.00791.